The van der Waals surface area contributed by atoms with Crippen molar-refractivity contribution in [3.8, 4) is 0 Å². The second-order valence-corrected chi connectivity index (χ2v) is 10.2. The van der Waals surface area contributed by atoms with E-state index in [-0.39, 0.29) is 6.04 Å². The number of aromatic nitrogens is 3. The topological polar surface area (TPSA) is 66.5 Å². The maximum atomic E-state index is 13.5. The van der Waals surface area contributed by atoms with Gasteiger partial charge in [0.2, 0.25) is 0 Å². The Labute approximate surface area is 219 Å². The van der Waals surface area contributed by atoms with E-state index in [1.54, 1.807) is 19.2 Å². The average molecular weight is 536 g/mol. The molecule has 2 aromatic carbocycles. The molecule has 37 heavy (non-hydrogen) atoms. The van der Waals surface area contributed by atoms with Gasteiger partial charge in [0, 0.05) is 24.5 Å². The molecule has 11 heteroatoms. The summed E-state index contributed by atoms with van der Waals surface area (Å²) >= 11 is 1.27. The molecule has 0 radical (unpaired) electrons. The van der Waals surface area contributed by atoms with Crippen molar-refractivity contribution in [2.75, 3.05) is 33.5 Å². The van der Waals surface area contributed by atoms with Gasteiger partial charge in [-0.15, -0.1) is 16.9 Å². The minimum Gasteiger partial charge on any atom is -0.349 e. The molecule has 1 aromatic heterocycles. The Kier molecular flexibility index (Phi) is 8.91. The van der Waals surface area contributed by atoms with Gasteiger partial charge in [0.1, 0.15) is 5.69 Å². The van der Waals surface area contributed by atoms with Crippen molar-refractivity contribution in [2.45, 2.75) is 49.5 Å². The summed E-state index contributed by atoms with van der Waals surface area (Å²) in [6.45, 7) is 4.02. The monoisotopic (exact) mass is 535 g/mol. The molecule has 3 aromatic rings. The van der Waals surface area contributed by atoms with Crippen molar-refractivity contribution in [2.24, 2.45) is 0 Å². The van der Waals surface area contributed by atoms with Gasteiger partial charge in [0.05, 0.1) is 30.0 Å². The van der Waals surface area contributed by atoms with Gasteiger partial charge in [0.15, 0.2) is 6.29 Å². The second-order valence-electron chi connectivity index (χ2n) is 9.31. The predicted octanol–water partition coefficient (Wildman–Crippen LogP) is 5.28. The number of thioether (sulfide) groups is 1. The van der Waals surface area contributed by atoms with Gasteiger partial charge >= 0.3 is 6.18 Å². The maximum absolute atomic E-state index is 13.5. The van der Waals surface area contributed by atoms with Crippen molar-refractivity contribution in [3.05, 3.63) is 76.6 Å². The number of rotatable bonds is 9. The van der Waals surface area contributed by atoms with Gasteiger partial charge in [-0.25, -0.2) is 0 Å². The van der Waals surface area contributed by atoms with E-state index in [1.165, 1.54) is 11.8 Å². The van der Waals surface area contributed by atoms with Crippen LogP contribution < -0.4 is 0 Å². The number of morpholine rings is 1. The zero-order chi connectivity index (χ0) is 26.6. The predicted molar refractivity (Wildman–Crippen MR) is 136 cm³/mol. The van der Waals surface area contributed by atoms with E-state index in [0.717, 1.165) is 29.1 Å². The van der Waals surface area contributed by atoms with Crippen LogP contribution in [-0.4, -0.2) is 65.0 Å². The van der Waals surface area contributed by atoms with E-state index in [0.29, 0.717) is 36.7 Å². The summed E-state index contributed by atoms with van der Waals surface area (Å²) in [6, 6.07) is 13.6. The Morgan fingerprint density at radius 1 is 1.22 bits per heavy atom. The third-order valence-corrected chi connectivity index (χ3v) is 6.99. The number of halogens is 3. The first-order valence-corrected chi connectivity index (χ1v) is 13.2. The number of H-pyrrole nitrogens is 1. The highest BCUT2D eigenvalue weighted by Crippen LogP contribution is 2.38. The molecule has 7 nitrogen and oxygen atoms in total. The lowest BCUT2D eigenvalue weighted by Crippen LogP contribution is -2.46. The number of hydrogen-bond donors (Lipinski definition) is 1. The Morgan fingerprint density at radius 3 is 2.65 bits per heavy atom. The smallest absolute Gasteiger partial charge is 0.349 e. The third kappa shape index (κ3) is 6.91. The quantitative estimate of drug-likeness (QED) is 0.374. The van der Waals surface area contributed by atoms with Crippen LogP contribution in [0, 0.1) is 0 Å². The molecular weight excluding hydrogens is 503 g/mol. The highest BCUT2D eigenvalue weighted by Gasteiger charge is 2.37. The lowest BCUT2D eigenvalue weighted by atomic mass is 10.0. The number of aromatic amines is 1. The molecule has 0 bridgehead atoms. The molecule has 0 saturated carbocycles. The first kappa shape index (κ1) is 27.6. The Hall–Kier alpha value is -2.44. The second kappa shape index (κ2) is 12.0. The number of alkyl halides is 3. The Balaban J connectivity index is 1.61. The number of benzene rings is 2. The number of hydrogen-bond acceptors (Lipinski definition) is 7. The fourth-order valence-corrected chi connectivity index (χ4v) is 4.95. The van der Waals surface area contributed by atoms with Crippen molar-refractivity contribution in [1.82, 2.24) is 25.2 Å². The van der Waals surface area contributed by atoms with E-state index >= 15 is 0 Å². The van der Waals surface area contributed by atoms with Crippen LogP contribution in [0.25, 0.3) is 0 Å². The molecule has 1 fully saturated rings. The molecule has 0 spiro atoms. The van der Waals surface area contributed by atoms with Crippen molar-refractivity contribution >= 4 is 11.8 Å². The standard InChI is InChI=1S/C26H32F3N5O2S/c1-17(19-12-20(26(27,28)29)14-21(13-19)37-4)36-25-24(18-8-6-5-7-9-18)34(10-11-35-25)16-23-22(15-33(2)3)30-32-31-23/h5-9,12-14,17,24-25H,10-11,15-16H2,1-4H3,(H,30,31,32)/t17-,24+,25-/m1/s1. The van der Waals surface area contributed by atoms with Crippen molar-refractivity contribution < 1.29 is 22.6 Å². The number of nitrogens with one attached hydrogen (secondary N) is 1. The molecule has 200 valence electrons. The van der Waals surface area contributed by atoms with Crippen molar-refractivity contribution in [1.29, 1.82) is 0 Å². The van der Waals surface area contributed by atoms with Crippen LogP contribution >= 0.6 is 11.8 Å². The SMILES string of the molecule is CSc1cc([C@@H](C)O[C@H]2OCCN(Cc3nn[nH]c3CN(C)C)[C@H]2c2ccccc2)cc(C(F)(F)F)c1. The van der Waals surface area contributed by atoms with Crippen LogP contribution in [0.2, 0.25) is 0 Å². The highest BCUT2D eigenvalue weighted by atomic mass is 32.2. The fraction of sp³-hybridized carbons (Fsp3) is 0.462. The Morgan fingerprint density at radius 2 is 1.97 bits per heavy atom. The van der Waals surface area contributed by atoms with Gasteiger partial charge < -0.3 is 14.4 Å². The molecule has 2 heterocycles. The summed E-state index contributed by atoms with van der Waals surface area (Å²) < 4.78 is 53.1. The summed E-state index contributed by atoms with van der Waals surface area (Å²) in [5.41, 5.74) is 2.53. The molecule has 0 amide bonds. The molecule has 3 atom stereocenters. The van der Waals surface area contributed by atoms with Crippen LogP contribution in [0.5, 0.6) is 0 Å². The summed E-state index contributed by atoms with van der Waals surface area (Å²) in [7, 11) is 3.96. The largest absolute Gasteiger partial charge is 0.416 e. The van der Waals surface area contributed by atoms with E-state index < -0.39 is 24.1 Å². The Bertz CT molecular complexity index is 1160. The van der Waals surface area contributed by atoms with Gasteiger partial charge in [-0.1, -0.05) is 35.5 Å². The number of nitrogens with zero attached hydrogens (tertiary/aromatic N) is 4. The first-order valence-electron chi connectivity index (χ1n) is 12.0. The number of ether oxygens (including phenoxy) is 2. The molecule has 1 N–H and O–H groups in total. The summed E-state index contributed by atoms with van der Waals surface area (Å²) in [4.78, 5) is 4.80. The fourth-order valence-electron chi connectivity index (χ4n) is 4.45. The van der Waals surface area contributed by atoms with E-state index in [1.807, 2.05) is 49.3 Å². The zero-order valence-corrected chi connectivity index (χ0v) is 22.1. The van der Waals surface area contributed by atoms with Crippen molar-refractivity contribution in [3.63, 3.8) is 0 Å². The van der Waals surface area contributed by atoms with Gasteiger partial charge in [-0.2, -0.15) is 13.2 Å². The normalized spacial score (nSPS) is 19.9. The van der Waals surface area contributed by atoms with Crippen LogP contribution in [0.15, 0.2) is 53.4 Å². The summed E-state index contributed by atoms with van der Waals surface area (Å²) in [6.07, 6.45) is -4.00. The first-order chi connectivity index (χ1) is 17.7. The summed E-state index contributed by atoms with van der Waals surface area (Å²) in [5.74, 6) is 0. The average Bonchev–Trinajstić information content (AvgIpc) is 3.29. The van der Waals surface area contributed by atoms with Gasteiger partial charge in [-0.05, 0) is 56.6 Å². The third-order valence-electron chi connectivity index (χ3n) is 6.28. The van der Waals surface area contributed by atoms with E-state index in [9.17, 15) is 13.2 Å². The zero-order valence-electron chi connectivity index (χ0n) is 21.3. The lowest BCUT2D eigenvalue weighted by Gasteiger charge is -2.42. The van der Waals surface area contributed by atoms with Crippen LogP contribution in [0.1, 0.15) is 47.1 Å². The highest BCUT2D eigenvalue weighted by molar-refractivity contribution is 7.98. The lowest BCUT2D eigenvalue weighted by molar-refractivity contribution is -0.231. The molecule has 0 aliphatic carbocycles. The molecule has 0 unspecified atom stereocenters. The molecule has 4 rings (SSSR count). The minimum absolute atomic E-state index is 0.285. The summed E-state index contributed by atoms with van der Waals surface area (Å²) in [5, 5.41) is 11.3. The maximum Gasteiger partial charge on any atom is 0.416 e. The minimum atomic E-state index is -4.44. The van der Waals surface area contributed by atoms with E-state index in [4.69, 9.17) is 9.47 Å². The molecular formula is C26H32F3N5O2S. The van der Waals surface area contributed by atoms with Crippen LogP contribution in [0.4, 0.5) is 13.2 Å². The molecule has 1 aliphatic rings. The van der Waals surface area contributed by atoms with Crippen LogP contribution in [-0.2, 0) is 28.7 Å². The van der Waals surface area contributed by atoms with Gasteiger partial charge in [-0.3, -0.25) is 10.00 Å². The van der Waals surface area contributed by atoms with E-state index in [2.05, 4.69) is 20.3 Å². The molecule has 1 saturated heterocycles. The molecule has 1 aliphatic heterocycles. The van der Waals surface area contributed by atoms with Crippen LogP contribution in [0.3, 0.4) is 0 Å². The van der Waals surface area contributed by atoms with Gasteiger partial charge in [0.25, 0.3) is 0 Å².